The monoisotopic (exact) mass is 508 g/mol. The fourth-order valence-corrected chi connectivity index (χ4v) is 5.42. The summed E-state index contributed by atoms with van der Waals surface area (Å²) in [5.41, 5.74) is 8.54. The number of primary amides is 1. The largest absolute Gasteiger partial charge is 0.368 e. The van der Waals surface area contributed by atoms with Crippen molar-refractivity contribution in [3.05, 3.63) is 70.4 Å². The number of para-hydroxylation sites is 1. The predicted molar refractivity (Wildman–Crippen MR) is 142 cm³/mol. The lowest BCUT2D eigenvalue weighted by atomic mass is 9.78. The predicted octanol–water partition coefficient (Wildman–Crippen LogP) is 3.53. The van der Waals surface area contributed by atoms with Gasteiger partial charge in [0.15, 0.2) is 0 Å². The molecule has 3 amide bonds. The second-order valence-corrected chi connectivity index (χ2v) is 10.3. The third-order valence-corrected chi connectivity index (χ3v) is 7.38. The number of hydrogen-bond acceptors (Lipinski definition) is 3. The lowest BCUT2D eigenvalue weighted by Crippen LogP contribution is -2.64. The number of nitrogens with one attached hydrogen (secondary N) is 2. The number of benzene rings is 2. The SMILES string of the molecule is CCn1c2c(c3ccccc31)C[C@](NC(=O)Cc1ccc(Cl)cc1)(C(=O)N[C@H](C(N)=O)C(C)C)CC2. The summed E-state index contributed by atoms with van der Waals surface area (Å²) >= 11 is 5.98. The van der Waals surface area contributed by atoms with Gasteiger partial charge >= 0.3 is 0 Å². The molecule has 0 saturated carbocycles. The van der Waals surface area contributed by atoms with E-state index in [0.29, 0.717) is 24.3 Å². The molecule has 4 rings (SSSR count). The van der Waals surface area contributed by atoms with Gasteiger partial charge in [-0.2, -0.15) is 0 Å². The molecule has 0 unspecified atom stereocenters. The van der Waals surface area contributed by atoms with Gasteiger partial charge in [-0.05, 0) is 55.0 Å². The van der Waals surface area contributed by atoms with Crippen LogP contribution in [0.25, 0.3) is 10.9 Å². The smallest absolute Gasteiger partial charge is 0.246 e. The van der Waals surface area contributed by atoms with E-state index in [1.54, 1.807) is 24.3 Å². The minimum Gasteiger partial charge on any atom is -0.368 e. The van der Waals surface area contributed by atoms with Gasteiger partial charge in [0.25, 0.3) is 0 Å². The van der Waals surface area contributed by atoms with E-state index in [4.69, 9.17) is 17.3 Å². The van der Waals surface area contributed by atoms with Crippen molar-refractivity contribution in [2.75, 3.05) is 0 Å². The Morgan fingerprint density at radius 2 is 1.81 bits per heavy atom. The maximum Gasteiger partial charge on any atom is 0.246 e. The molecule has 1 aliphatic carbocycles. The van der Waals surface area contributed by atoms with E-state index in [1.807, 2.05) is 26.0 Å². The molecule has 3 aromatic rings. The lowest BCUT2D eigenvalue weighted by molar-refractivity contribution is -0.136. The van der Waals surface area contributed by atoms with E-state index in [0.717, 1.165) is 28.6 Å². The first kappa shape index (κ1) is 25.8. The first-order valence-corrected chi connectivity index (χ1v) is 12.8. The summed E-state index contributed by atoms with van der Waals surface area (Å²) in [6, 6.07) is 14.4. The van der Waals surface area contributed by atoms with Crippen LogP contribution in [0.5, 0.6) is 0 Å². The molecule has 0 spiro atoms. The number of amides is 3. The van der Waals surface area contributed by atoms with Crippen LogP contribution < -0.4 is 16.4 Å². The molecular weight excluding hydrogens is 476 g/mol. The molecule has 0 radical (unpaired) electrons. The Balaban J connectivity index is 1.71. The highest BCUT2D eigenvalue weighted by molar-refractivity contribution is 6.30. The first-order valence-electron chi connectivity index (χ1n) is 12.4. The molecule has 8 heteroatoms. The first-order chi connectivity index (χ1) is 17.1. The molecule has 190 valence electrons. The molecule has 1 aliphatic rings. The molecule has 1 heterocycles. The van der Waals surface area contributed by atoms with Gasteiger partial charge in [-0.1, -0.05) is 55.8 Å². The summed E-state index contributed by atoms with van der Waals surface area (Å²) < 4.78 is 2.28. The number of nitrogens with zero attached hydrogens (tertiary/aromatic N) is 1. The average molecular weight is 509 g/mol. The average Bonchev–Trinajstić information content (AvgIpc) is 3.16. The zero-order valence-corrected chi connectivity index (χ0v) is 21.7. The molecule has 0 aliphatic heterocycles. The molecular formula is C28H33ClN4O3. The molecule has 4 N–H and O–H groups in total. The summed E-state index contributed by atoms with van der Waals surface area (Å²) in [6.45, 7) is 6.58. The third-order valence-electron chi connectivity index (χ3n) is 7.13. The summed E-state index contributed by atoms with van der Waals surface area (Å²) in [7, 11) is 0. The van der Waals surface area contributed by atoms with Gasteiger partial charge in [0, 0.05) is 34.6 Å². The molecule has 1 aromatic heterocycles. The molecule has 2 atom stereocenters. The van der Waals surface area contributed by atoms with Gasteiger partial charge < -0.3 is 20.9 Å². The standard InChI is InChI=1S/C28H33ClN4O3/c1-4-33-22-8-6-5-7-20(22)21-16-28(14-13-23(21)33,27(36)31-25(17(2)3)26(30)35)32-24(34)15-18-9-11-19(29)12-10-18/h5-12,17,25H,4,13-16H2,1-3H3,(H2,30,35)(H,31,36)(H,32,34)/t25-,28-/m0/s1. The highest BCUT2D eigenvalue weighted by Gasteiger charge is 2.45. The van der Waals surface area contributed by atoms with Crippen molar-refractivity contribution >= 4 is 40.2 Å². The summed E-state index contributed by atoms with van der Waals surface area (Å²) in [4.78, 5) is 39.2. The van der Waals surface area contributed by atoms with Crippen LogP contribution in [0.2, 0.25) is 5.02 Å². The van der Waals surface area contributed by atoms with E-state index < -0.39 is 17.5 Å². The third kappa shape index (κ3) is 4.98. The quantitative estimate of drug-likeness (QED) is 0.433. The summed E-state index contributed by atoms with van der Waals surface area (Å²) in [5, 5.41) is 7.58. The Hall–Kier alpha value is -3.32. The Morgan fingerprint density at radius 1 is 1.11 bits per heavy atom. The number of halogens is 1. The maximum atomic E-state index is 13.8. The number of nitrogens with two attached hydrogens (primary N) is 1. The van der Waals surface area contributed by atoms with Crippen LogP contribution in [0.1, 0.15) is 44.0 Å². The number of rotatable bonds is 8. The Kier molecular flexibility index (Phi) is 7.41. The molecule has 2 aromatic carbocycles. The minimum atomic E-state index is -1.21. The molecule has 0 saturated heterocycles. The Labute approximate surface area is 216 Å². The zero-order chi connectivity index (χ0) is 26.0. The van der Waals surface area contributed by atoms with E-state index in [9.17, 15) is 14.4 Å². The van der Waals surface area contributed by atoms with Gasteiger partial charge in [0.2, 0.25) is 17.7 Å². The van der Waals surface area contributed by atoms with Crippen molar-refractivity contribution in [1.82, 2.24) is 15.2 Å². The van der Waals surface area contributed by atoms with Crippen molar-refractivity contribution in [1.29, 1.82) is 0 Å². The van der Waals surface area contributed by atoms with Crippen molar-refractivity contribution in [2.24, 2.45) is 11.7 Å². The van der Waals surface area contributed by atoms with Crippen LogP contribution in [-0.4, -0.2) is 33.9 Å². The van der Waals surface area contributed by atoms with E-state index >= 15 is 0 Å². The zero-order valence-electron chi connectivity index (χ0n) is 20.9. The molecule has 0 bridgehead atoms. The van der Waals surface area contributed by atoms with Gasteiger partial charge in [-0.3, -0.25) is 14.4 Å². The van der Waals surface area contributed by atoms with E-state index in [1.165, 1.54) is 5.69 Å². The molecule has 0 fully saturated rings. The fourth-order valence-electron chi connectivity index (χ4n) is 5.30. The van der Waals surface area contributed by atoms with E-state index in [2.05, 4.69) is 34.3 Å². The second-order valence-electron chi connectivity index (χ2n) is 9.89. The van der Waals surface area contributed by atoms with Crippen molar-refractivity contribution in [3.63, 3.8) is 0 Å². The lowest BCUT2D eigenvalue weighted by Gasteiger charge is -2.38. The second kappa shape index (κ2) is 10.3. The number of hydrogen-bond donors (Lipinski definition) is 3. The Morgan fingerprint density at radius 3 is 2.44 bits per heavy atom. The number of aromatic nitrogens is 1. The van der Waals surface area contributed by atoms with Crippen molar-refractivity contribution < 1.29 is 14.4 Å². The van der Waals surface area contributed by atoms with Crippen LogP contribution in [-0.2, 0) is 40.2 Å². The summed E-state index contributed by atoms with van der Waals surface area (Å²) in [6.07, 6.45) is 1.48. The molecule has 36 heavy (non-hydrogen) atoms. The van der Waals surface area contributed by atoms with E-state index in [-0.39, 0.29) is 24.2 Å². The van der Waals surface area contributed by atoms with Gasteiger partial charge in [0.05, 0.1) is 6.42 Å². The highest BCUT2D eigenvalue weighted by Crippen LogP contribution is 2.36. The topological polar surface area (TPSA) is 106 Å². The Bertz CT molecular complexity index is 1300. The van der Waals surface area contributed by atoms with Crippen molar-refractivity contribution in [2.45, 2.75) is 64.6 Å². The van der Waals surface area contributed by atoms with Crippen LogP contribution >= 0.6 is 11.6 Å². The minimum absolute atomic E-state index is 0.110. The molecule has 7 nitrogen and oxygen atoms in total. The normalized spacial score (nSPS) is 18.0. The van der Waals surface area contributed by atoms with Crippen LogP contribution in [0, 0.1) is 5.92 Å². The van der Waals surface area contributed by atoms with Crippen LogP contribution in [0.4, 0.5) is 0 Å². The number of carbonyl (C=O) groups excluding carboxylic acids is 3. The maximum absolute atomic E-state index is 13.8. The van der Waals surface area contributed by atoms with Crippen LogP contribution in [0.3, 0.4) is 0 Å². The summed E-state index contributed by atoms with van der Waals surface area (Å²) in [5.74, 6) is -1.44. The van der Waals surface area contributed by atoms with Gasteiger partial charge in [0.1, 0.15) is 11.6 Å². The highest BCUT2D eigenvalue weighted by atomic mass is 35.5. The number of fused-ring (bicyclic) bond motifs is 3. The van der Waals surface area contributed by atoms with Crippen LogP contribution in [0.15, 0.2) is 48.5 Å². The van der Waals surface area contributed by atoms with Crippen molar-refractivity contribution in [3.8, 4) is 0 Å². The fraction of sp³-hybridized carbons (Fsp3) is 0.393. The van der Waals surface area contributed by atoms with Gasteiger partial charge in [-0.25, -0.2) is 0 Å². The van der Waals surface area contributed by atoms with Gasteiger partial charge in [-0.15, -0.1) is 0 Å². The number of aryl methyl sites for hydroxylation is 1. The number of carbonyl (C=O) groups is 3.